The molecule has 1 fully saturated rings. The summed E-state index contributed by atoms with van der Waals surface area (Å²) >= 11 is 0. The molecule has 4 bridgehead atoms. The van der Waals surface area contributed by atoms with Gasteiger partial charge in [-0.3, -0.25) is 19.3 Å². The highest BCUT2D eigenvalue weighted by molar-refractivity contribution is 5.96. The van der Waals surface area contributed by atoms with Gasteiger partial charge in [-0.15, -0.1) is 0 Å². The molecule has 3 amide bonds. The Kier molecular flexibility index (Phi) is 9.56. The number of halogens is 1. The largest absolute Gasteiger partial charge is 0.488 e. The van der Waals surface area contributed by atoms with Crippen LogP contribution in [-0.2, 0) is 22.7 Å². The number of nitrogens with one attached hydrogen (secondary N) is 2. The van der Waals surface area contributed by atoms with Crippen LogP contribution in [0.15, 0.2) is 71.3 Å². The molecule has 7 rings (SSSR count). The van der Waals surface area contributed by atoms with E-state index in [0.717, 1.165) is 17.7 Å². The molecule has 4 heterocycles. The number of nitrogens with zero attached hydrogens (tertiary/aromatic N) is 3. The van der Waals surface area contributed by atoms with E-state index in [1.165, 1.54) is 6.07 Å². The fourth-order valence-corrected chi connectivity index (χ4v) is 6.48. The van der Waals surface area contributed by atoms with Gasteiger partial charge in [-0.1, -0.05) is 24.3 Å². The molecular formula is C37H38FN5O6. The van der Waals surface area contributed by atoms with Gasteiger partial charge in [0.25, 0.3) is 5.91 Å². The van der Waals surface area contributed by atoms with Crippen molar-refractivity contribution in [2.24, 2.45) is 0 Å². The predicted octanol–water partition coefficient (Wildman–Crippen LogP) is 4.55. The van der Waals surface area contributed by atoms with Gasteiger partial charge in [0, 0.05) is 43.7 Å². The highest BCUT2D eigenvalue weighted by Gasteiger charge is 2.33. The number of ether oxygens (including phenoxy) is 2. The van der Waals surface area contributed by atoms with E-state index in [0.29, 0.717) is 92.7 Å². The van der Waals surface area contributed by atoms with Crippen LogP contribution in [0.2, 0.25) is 0 Å². The zero-order valence-corrected chi connectivity index (χ0v) is 27.1. The van der Waals surface area contributed by atoms with Gasteiger partial charge >= 0.3 is 0 Å². The lowest BCUT2D eigenvalue weighted by Gasteiger charge is -2.24. The van der Waals surface area contributed by atoms with E-state index in [2.05, 4.69) is 15.5 Å². The molecule has 4 aromatic rings. The first-order valence-electron chi connectivity index (χ1n) is 16.7. The number of carbonyl (C=O) groups excluding carboxylic acids is 3. The molecule has 254 valence electrons. The van der Waals surface area contributed by atoms with Crippen molar-refractivity contribution in [3.63, 3.8) is 0 Å². The maximum atomic E-state index is 14.9. The number of amides is 3. The van der Waals surface area contributed by atoms with Crippen molar-refractivity contribution >= 4 is 17.7 Å². The Morgan fingerprint density at radius 2 is 1.80 bits per heavy atom. The van der Waals surface area contributed by atoms with Crippen LogP contribution in [0.4, 0.5) is 4.39 Å². The van der Waals surface area contributed by atoms with Crippen molar-refractivity contribution in [2.75, 3.05) is 39.4 Å². The van der Waals surface area contributed by atoms with E-state index in [4.69, 9.17) is 18.9 Å². The number of oxazole rings is 1. The van der Waals surface area contributed by atoms with Crippen molar-refractivity contribution in [3.05, 3.63) is 89.6 Å². The maximum Gasteiger partial charge on any atom is 0.254 e. The third-order valence-corrected chi connectivity index (χ3v) is 9.06. The number of hydrogen-bond acceptors (Lipinski definition) is 8. The van der Waals surface area contributed by atoms with Gasteiger partial charge < -0.3 is 29.4 Å². The normalized spacial score (nSPS) is 18.8. The summed E-state index contributed by atoms with van der Waals surface area (Å²) in [6, 6.07) is 17.3. The zero-order valence-electron chi connectivity index (χ0n) is 27.1. The van der Waals surface area contributed by atoms with Crippen LogP contribution in [-0.4, -0.2) is 77.9 Å². The molecule has 0 spiro atoms. The Balaban J connectivity index is 1.17. The summed E-state index contributed by atoms with van der Waals surface area (Å²) < 4.78 is 33.4. The molecule has 3 aliphatic rings. The van der Waals surface area contributed by atoms with Crippen LogP contribution in [0, 0.1) is 5.82 Å². The second kappa shape index (κ2) is 14.5. The minimum absolute atomic E-state index is 0.0473. The molecule has 2 N–H and O–H groups in total. The minimum atomic E-state index is -0.610. The predicted molar refractivity (Wildman–Crippen MR) is 178 cm³/mol. The summed E-state index contributed by atoms with van der Waals surface area (Å²) in [5, 5.41) is 5.64. The highest BCUT2D eigenvalue weighted by Crippen LogP contribution is 2.39. The summed E-state index contributed by atoms with van der Waals surface area (Å²) in [7, 11) is 0. The van der Waals surface area contributed by atoms with Crippen LogP contribution in [0.25, 0.3) is 22.6 Å². The molecule has 49 heavy (non-hydrogen) atoms. The molecule has 0 radical (unpaired) electrons. The highest BCUT2D eigenvalue weighted by atomic mass is 19.1. The van der Waals surface area contributed by atoms with E-state index in [-0.39, 0.29) is 30.5 Å². The lowest BCUT2D eigenvalue weighted by Crippen LogP contribution is -2.44. The Bertz CT molecular complexity index is 1850. The number of fused-ring (bicyclic) bond motifs is 7. The topological polar surface area (TPSA) is 126 Å². The molecule has 0 unspecified atom stereocenters. The van der Waals surface area contributed by atoms with Crippen LogP contribution in [0.1, 0.15) is 47.3 Å². The molecule has 0 aliphatic carbocycles. The van der Waals surface area contributed by atoms with E-state index in [1.54, 1.807) is 23.3 Å². The summed E-state index contributed by atoms with van der Waals surface area (Å²) in [6.45, 7) is 3.38. The lowest BCUT2D eigenvalue weighted by atomic mass is 9.99. The van der Waals surface area contributed by atoms with E-state index in [9.17, 15) is 18.8 Å². The first kappa shape index (κ1) is 32.3. The van der Waals surface area contributed by atoms with Gasteiger partial charge in [-0.25, -0.2) is 9.37 Å². The van der Waals surface area contributed by atoms with Crippen molar-refractivity contribution < 1.29 is 32.7 Å². The quantitative estimate of drug-likeness (QED) is 0.325. The van der Waals surface area contributed by atoms with Crippen LogP contribution in [0.5, 0.6) is 11.5 Å². The summed E-state index contributed by atoms with van der Waals surface area (Å²) in [5.41, 5.74) is 3.67. The summed E-state index contributed by atoms with van der Waals surface area (Å²) in [4.78, 5) is 47.0. The fourth-order valence-electron chi connectivity index (χ4n) is 6.48. The standard InChI is InChI=1S/C37H38FN5O6/c38-30-9-8-25-19-29(30)35(45)39-12-4-5-13-42(22-28-23-49-36(40-28)24-6-2-1-3-7-24)14-16-47-32-20-26(25)18-27-21-43(15-17-48-34(27)32)37(46)31-10-11-33(44)41-31/h1-3,6-9,18-20,23,31H,4-5,10-17,21-22H2,(H,39,45)(H,41,44)/t31-/m0/s1. The average Bonchev–Trinajstić information content (AvgIpc) is 3.71. The monoisotopic (exact) mass is 667 g/mol. The maximum absolute atomic E-state index is 14.9. The first-order valence-corrected chi connectivity index (χ1v) is 16.7. The van der Waals surface area contributed by atoms with Gasteiger partial charge in [0.05, 0.1) is 17.8 Å². The summed E-state index contributed by atoms with van der Waals surface area (Å²) in [5.74, 6) is 0.193. The summed E-state index contributed by atoms with van der Waals surface area (Å²) in [6.07, 6.45) is 3.94. The van der Waals surface area contributed by atoms with Crippen LogP contribution in [0.3, 0.4) is 0 Å². The van der Waals surface area contributed by atoms with Crippen molar-refractivity contribution in [1.29, 1.82) is 0 Å². The zero-order chi connectivity index (χ0) is 33.7. The molecule has 11 nitrogen and oxygen atoms in total. The van der Waals surface area contributed by atoms with Gasteiger partial charge in [-0.2, -0.15) is 0 Å². The molecule has 0 saturated carbocycles. The van der Waals surface area contributed by atoms with Gasteiger partial charge in [0.2, 0.25) is 17.7 Å². The number of hydrogen-bond donors (Lipinski definition) is 2. The number of rotatable bonds is 4. The number of benzene rings is 3. The Morgan fingerprint density at radius 1 is 0.939 bits per heavy atom. The van der Waals surface area contributed by atoms with Crippen molar-refractivity contribution in [3.8, 4) is 34.1 Å². The van der Waals surface area contributed by atoms with Crippen molar-refractivity contribution in [2.45, 2.75) is 44.8 Å². The fraction of sp³-hybridized carbons (Fsp3) is 0.351. The van der Waals surface area contributed by atoms with Gasteiger partial charge in [0.15, 0.2) is 11.5 Å². The van der Waals surface area contributed by atoms with E-state index < -0.39 is 17.8 Å². The lowest BCUT2D eigenvalue weighted by molar-refractivity contribution is -0.135. The molecule has 3 aromatic carbocycles. The Hall–Kier alpha value is -5.23. The smallest absolute Gasteiger partial charge is 0.254 e. The Morgan fingerprint density at radius 3 is 2.63 bits per heavy atom. The van der Waals surface area contributed by atoms with E-state index >= 15 is 0 Å². The molecular weight excluding hydrogens is 629 g/mol. The number of aromatic nitrogens is 1. The Labute approximate surface area is 283 Å². The molecule has 1 atom stereocenters. The third-order valence-electron chi connectivity index (χ3n) is 9.06. The number of carbonyl (C=O) groups is 3. The second-order valence-electron chi connectivity index (χ2n) is 12.5. The average molecular weight is 668 g/mol. The molecule has 1 aromatic heterocycles. The molecule has 12 heteroatoms. The van der Waals surface area contributed by atoms with Gasteiger partial charge in [0.1, 0.15) is 31.3 Å². The van der Waals surface area contributed by atoms with Crippen LogP contribution < -0.4 is 20.1 Å². The van der Waals surface area contributed by atoms with E-state index in [1.807, 2.05) is 42.5 Å². The second-order valence-corrected chi connectivity index (χ2v) is 12.5. The minimum Gasteiger partial charge on any atom is -0.488 e. The van der Waals surface area contributed by atoms with Gasteiger partial charge in [-0.05, 0) is 73.3 Å². The van der Waals surface area contributed by atoms with Crippen LogP contribution >= 0.6 is 0 Å². The molecule has 1 saturated heterocycles. The first-order chi connectivity index (χ1) is 23.9. The third kappa shape index (κ3) is 7.44. The van der Waals surface area contributed by atoms with Crippen molar-refractivity contribution in [1.82, 2.24) is 25.4 Å². The SMILES string of the molecule is O=C1CC[C@@H](C(=O)N2CCOc3c(cc4cc3OCCN(Cc3coc(-c5ccccc5)n3)CCCCNC(=O)c3cc-4ccc3F)C2)N1. The molecule has 3 aliphatic heterocycles.